The Morgan fingerprint density at radius 3 is 2.50 bits per heavy atom. The van der Waals surface area contributed by atoms with Crippen molar-refractivity contribution in [2.75, 3.05) is 16.8 Å². The molecule has 0 spiro atoms. The lowest BCUT2D eigenvalue weighted by atomic mass is 10.2. The Kier molecular flexibility index (Phi) is 4.18. The van der Waals surface area contributed by atoms with Crippen molar-refractivity contribution in [3.8, 4) is 0 Å². The van der Waals surface area contributed by atoms with E-state index in [1.54, 1.807) is 30.3 Å². The van der Waals surface area contributed by atoms with Crippen molar-refractivity contribution >= 4 is 23.4 Å². The van der Waals surface area contributed by atoms with Gasteiger partial charge in [0, 0.05) is 24.3 Å². The summed E-state index contributed by atoms with van der Waals surface area (Å²) in [7, 11) is 0. The maximum atomic E-state index is 13.0. The van der Waals surface area contributed by atoms with Crippen LogP contribution in [0.2, 0.25) is 0 Å². The summed E-state index contributed by atoms with van der Waals surface area (Å²) in [5.74, 6) is -3.44. The minimum atomic E-state index is -2.24. The van der Waals surface area contributed by atoms with E-state index in [-0.39, 0.29) is 13.0 Å². The molecular weight excluding hydrogens is 315 g/mol. The summed E-state index contributed by atoms with van der Waals surface area (Å²) < 4.78 is 17.9. The number of para-hydroxylation sites is 1. The quantitative estimate of drug-likeness (QED) is 0.848. The largest absolute Gasteiger partial charge is 0.414 e. The first-order chi connectivity index (χ1) is 11.5. The average Bonchev–Trinajstić information content (AvgIpc) is 2.84. The SMILES string of the molecule is O=C(Nc1ccccc1)O[C@@]1(O)CCN(c2ccc(F)cc2)C1=O. The molecule has 7 heteroatoms. The van der Waals surface area contributed by atoms with Gasteiger partial charge in [-0.3, -0.25) is 10.1 Å². The summed E-state index contributed by atoms with van der Waals surface area (Å²) in [5, 5.41) is 12.8. The first-order valence-electron chi connectivity index (χ1n) is 7.33. The second kappa shape index (κ2) is 6.29. The molecule has 0 radical (unpaired) electrons. The molecule has 2 amide bonds. The topological polar surface area (TPSA) is 78.9 Å². The number of hydrogen-bond donors (Lipinski definition) is 2. The normalized spacial score (nSPS) is 20.1. The predicted molar refractivity (Wildman–Crippen MR) is 84.9 cm³/mol. The number of hydrogen-bond acceptors (Lipinski definition) is 4. The number of nitrogens with zero attached hydrogens (tertiary/aromatic N) is 1. The molecule has 124 valence electrons. The van der Waals surface area contributed by atoms with Crippen LogP contribution in [-0.2, 0) is 9.53 Å². The number of aliphatic hydroxyl groups is 1. The van der Waals surface area contributed by atoms with Gasteiger partial charge in [0.15, 0.2) is 0 Å². The first-order valence-corrected chi connectivity index (χ1v) is 7.33. The summed E-state index contributed by atoms with van der Waals surface area (Å²) in [6.07, 6.45) is -1.01. The van der Waals surface area contributed by atoms with Crippen LogP contribution in [0.1, 0.15) is 6.42 Å². The molecule has 0 aromatic heterocycles. The molecule has 1 aliphatic heterocycles. The summed E-state index contributed by atoms with van der Waals surface area (Å²) in [4.78, 5) is 25.5. The van der Waals surface area contributed by atoms with Crippen LogP contribution in [0, 0.1) is 5.82 Å². The highest BCUT2D eigenvalue weighted by Crippen LogP contribution is 2.29. The molecule has 2 N–H and O–H groups in total. The van der Waals surface area contributed by atoms with Gasteiger partial charge in [-0.15, -0.1) is 0 Å². The van der Waals surface area contributed by atoms with E-state index in [2.05, 4.69) is 5.32 Å². The van der Waals surface area contributed by atoms with Gasteiger partial charge in [0.05, 0.1) is 0 Å². The number of carbonyl (C=O) groups excluding carboxylic acids is 2. The van der Waals surface area contributed by atoms with Crippen molar-refractivity contribution in [1.82, 2.24) is 0 Å². The molecule has 6 nitrogen and oxygen atoms in total. The predicted octanol–water partition coefficient (Wildman–Crippen LogP) is 2.50. The van der Waals surface area contributed by atoms with E-state index in [9.17, 15) is 19.1 Å². The van der Waals surface area contributed by atoms with Gasteiger partial charge in [-0.05, 0) is 36.4 Å². The number of benzene rings is 2. The maximum absolute atomic E-state index is 13.0. The molecule has 2 aromatic carbocycles. The fourth-order valence-corrected chi connectivity index (χ4v) is 2.46. The Morgan fingerprint density at radius 2 is 1.83 bits per heavy atom. The summed E-state index contributed by atoms with van der Waals surface area (Å²) in [6.45, 7) is 0.152. The van der Waals surface area contributed by atoms with Crippen LogP contribution in [0.5, 0.6) is 0 Å². The molecule has 3 rings (SSSR count). The summed E-state index contributed by atoms with van der Waals surface area (Å²) in [6, 6.07) is 13.8. The molecular formula is C17H15FN2O4. The van der Waals surface area contributed by atoms with E-state index in [0.29, 0.717) is 11.4 Å². The third-order valence-electron chi connectivity index (χ3n) is 3.67. The molecule has 1 heterocycles. The Hall–Kier alpha value is -2.93. The van der Waals surface area contributed by atoms with E-state index < -0.39 is 23.6 Å². The lowest BCUT2D eigenvalue weighted by molar-refractivity contribution is -0.173. The second-order valence-corrected chi connectivity index (χ2v) is 5.35. The van der Waals surface area contributed by atoms with Crippen LogP contribution in [0.3, 0.4) is 0 Å². The van der Waals surface area contributed by atoms with Crippen LogP contribution >= 0.6 is 0 Å². The van der Waals surface area contributed by atoms with Crippen LogP contribution in [0.15, 0.2) is 54.6 Å². The fourth-order valence-electron chi connectivity index (χ4n) is 2.46. The number of halogens is 1. The minimum Gasteiger partial charge on any atom is -0.407 e. The molecule has 1 aliphatic rings. The maximum Gasteiger partial charge on any atom is 0.414 e. The molecule has 0 aliphatic carbocycles. The van der Waals surface area contributed by atoms with Crippen molar-refractivity contribution in [1.29, 1.82) is 0 Å². The standard InChI is InChI=1S/C17H15FN2O4/c18-12-6-8-14(9-7-12)20-11-10-17(23,15(20)21)24-16(22)19-13-4-2-1-3-5-13/h1-9,23H,10-11H2,(H,19,22)/t17-/m0/s1. The van der Waals surface area contributed by atoms with Crippen molar-refractivity contribution in [3.05, 3.63) is 60.4 Å². The Bertz CT molecular complexity index is 751. The first kappa shape index (κ1) is 15.9. The second-order valence-electron chi connectivity index (χ2n) is 5.35. The molecule has 2 aromatic rings. The molecule has 0 bridgehead atoms. The van der Waals surface area contributed by atoms with Gasteiger partial charge in [0.1, 0.15) is 5.82 Å². The average molecular weight is 330 g/mol. The number of rotatable bonds is 3. The lowest BCUT2D eigenvalue weighted by Gasteiger charge is -2.22. The van der Waals surface area contributed by atoms with Crippen molar-refractivity contribution in [3.63, 3.8) is 0 Å². The molecule has 1 atom stereocenters. The number of amides is 2. The van der Waals surface area contributed by atoms with Gasteiger partial charge in [-0.1, -0.05) is 18.2 Å². The highest BCUT2D eigenvalue weighted by molar-refractivity contribution is 6.02. The zero-order valence-electron chi connectivity index (χ0n) is 12.6. The zero-order valence-corrected chi connectivity index (χ0v) is 12.6. The van der Waals surface area contributed by atoms with Gasteiger partial charge in [-0.2, -0.15) is 0 Å². The number of ether oxygens (including phenoxy) is 1. The number of carbonyl (C=O) groups is 2. The number of nitrogens with one attached hydrogen (secondary N) is 1. The van der Waals surface area contributed by atoms with Crippen LogP contribution in [0.25, 0.3) is 0 Å². The van der Waals surface area contributed by atoms with E-state index in [4.69, 9.17) is 4.74 Å². The Balaban J connectivity index is 1.68. The Labute approximate surface area is 137 Å². The van der Waals surface area contributed by atoms with Crippen LogP contribution in [-0.4, -0.2) is 29.4 Å². The van der Waals surface area contributed by atoms with Gasteiger partial charge in [0.2, 0.25) is 0 Å². The lowest BCUT2D eigenvalue weighted by Crippen LogP contribution is -2.44. The molecule has 24 heavy (non-hydrogen) atoms. The zero-order chi connectivity index (χ0) is 17.2. The van der Waals surface area contributed by atoms with Crippen molar-refractivity contribution < 1.29 is 23.8 Å². The highest BCUT2D eigenvalue weighted by Gasteiger charge is 2.49. The molecule has 1 saturated heterocycles. The fraction of sp³-hybridized carbons (Fsp3) is 0.176. The van der Waals surface area contributed by atoms with E-state index in [0.717, 1.165) is 0 Å². The minimum absolute atomic E-state index is 0.0780. The highest BCUT2D eigenvalue weighted by atomic mass is 19.1. The third kappa shape index (κ3) is 3.21. The molecule has 1 fully saturated rings. The summed E-state index contributed by atoms with van der Waals surface area (Å²) in [5.41, 5.74) is 0.899. The van der Waals surface area contributed by atoms with Crippen molar-refractivity contribution in [2.24, 2.45) is 0 Å². The molecule has 0 saturated carbocycles. The van der Waals surface area contributed by atoms with E-state index >= 15 is 0 Å². The van der Waals surface area contributed by atoms with Gasteiger partial charge in [-0.25, -0.2) is 9.18 Å². The summed E-state index contributed by atoms with van der Waals surface area (Å²) >= 11 is 0. The van der Waals surface area contributed by atoms with Crippen LogP contribution in [0.4, 0.5) is 20.6 Å². The molecule has 0 unspecified atom stereocenters. The smallest absolute Gasteiger partial charge is 0.407 e. The van der Waals surface area contributed by atoms with Gasteiger partial charge < -0.3 is 14.7 Å². The van der Waals surface area contributed by atoms with E-state index in [1.165, 1.54) is 29.2 Å². The Morgan fingerprint density at radius 1 is 1.17 bits per heavy atom. The van der Waals surface area contributed by atoms with E-state index in [1.807, 2.05) is 0 Å². The van der Waals surface area contributed by atoms with Crippen LogP contribution < -0.4 is 10.2 Å². The van der Waals surface area contributed by atoms with Gasteiger partial charge >= 0.3 is 6.09 Å². The third-order valence-corrected chi connectivity index (χ3v) is 3.67. The monoisotopic (exact) mass is 330 g/mol. The number of anilines is 2. The van der Waals surface area contributed by atoms with Gasteiger partial charge in [0.25, 0.3) is 11.7 Å². The van der Waals surface area contributed by atoms with Crippen molar-refractivity contribution in [2.45, 2.75) is 12.2 Å².